The van der Waals surface area contributed by atoms with Gasteiger partial charge < -0.3 is 5.73 Å². The second-order valence-electron chi connectivity index (χ2n) is 4.75. The Hall–Kier alpha value is -0.300. The molecule has 0 amide bonds. The number of rotatable bonds is 1. The van der Waals surface area contributed by atoms with Crippen LogP contribution in [0.15, 0.2) is 11.1 Å². The van der Waals surface area contributed by atoms with Crippen molar-refractivity contribution in [1.82, 2.24) is 0 Å². The topological polar surface area (TPSA) is 26.0 Å². The van der Waals surface area contributed by atoms with Crippen molar-refractivity contribution in [3.05, 3.63) is 11.1 Å². The fraction of sp³-hybridized carbons (Fsp3) is 0.833. The maximum Gasteiger partial charge on any atom is 0.0114 e. The fourth-order valence-electron chi connectivity index (χ4n) is 2.69. The van der Waals surface area contributed by atoms with Crippen LogP contribution in [0.4, 0.5) is 0 Å². The van der Waals surface area contributed by atoms with Crippen molar-refractivity contribution in [2.24, 2.45) is 11.7 Å². The molecule has 0 aromatic carbocycles. The van der Waals surface area contributed by atoms with Gasteiger partial charge in [-0.05, 0) is 44.4 Å². The summed E-state index contributed by atoms with van der Waals surface area (Å²) in [5.41, 5.74) is 9.30. The zero-order valence-corrected chi connectivity index (χ0v) is 8.68. The average Bonchev–Trinajstić information content (AvgIpc) is 2.13. The van der Waals surface area contributed by atoms with Crippen LogP contribution < -0.4 is 5.73 Å². The molecule has 2 N–H and O–H groups in total. The lowest BCUT2D eigenvalue weighted by atomic mass is 9.75. The van der Waals surface area contributed by atoms with E-state index >= 15 is 0 Å². The molecule has 2 saturated carbocycles. The van der Waals surface area contributed by atoms with Gasteiger partial charge in [0.15, 0.2) is 0 Å². The number of hydrogen-bond donors (Lipinski definition) is 1. The van der Waals surface area contributed by atoms with Gasteiger partial charge in [0.25, 0.3) is 0 Å². The van der Waals surface area contributed by atoms with Crippen LogP contribution in [0.2, 0.25) is 0 Å². The van der Waals surface area contributed by atoms with Crippen molar-refractivity contribution in [1.29, 1.82) is 0 Å². The van der Waals surface area contributed by atoms with Crippen molar-refractivity contribution >= 4 is 0 Å². The zero-order valence-electron chi connectivity index (χ0n) is 8.68. The molecule has 0 spiro atoms. The molecule has 13 heavy (non-hydrogen) atoms. The molecule has 2 fully saturated rings. The summed E-state index contributed by atoms with van der Waals surface area (Å²) in [4.78, 5) is 0. The molecule has 74 valence electrons. The lowest BCUT2D eigenvalue weighted by molar-refractivity contribution is 0.393. The molecular formula is C12H21N. The van der Waals surface area contributed by atoms with Gasteiger partial charge in [0.1, 0.15) is 0 Å². The molecule has 1 atom stereocenters. The minimum absolute atomic E-state index is 0.490. The first-order chi connectivity index (χ1) is 6.29. The molecule has 0 saturated heterocycles. The van der Waals surface area contributed by atoms with Crippen molar-refractivity contribution < 1.29 is 0 Å². The van der Waals surface area contributed by atoms with E-state index in [0.29, 0.717) is 6.04 Å². The summed E-state index contributed by atoms with van der Waals surface area (Å²) in [6.45, 7) is 2.32. The van der Waals surface area contributed by atoms with Crippen LogP contribution in [0.25, 0.3) is 0 Å². The smallest absolute Gasteiger partial charge is 0.0114 e. The maximum atomic E-state index is 5.81. The standard InChI is InChI=1S/C12H21N/c1-2-9-4-3-5-10(6-9)11-7-12(13)8-11/h9,12H,2-8,13H2,1H3. The molecule has 0 heterocycles. The van der Waals surface area contributed by atoms with Gasteiger partial charge in [0, 0.05) is 6.04 Å². The molecule has 0 bridgehead atoms. The SMILES string of the molecule is CCC1CCCC(=C2CC(N)C2)C1. The van der Waals surface area contributed by atoms with Crippen LogP contribution in [0.3, 0.4) is 0 Å². The highest BCUT2D eigenvalue weighted by Gasteiger charge is 2.25. The van der Waals surface area contributed by atoms with Gasteiger partial charge in [0.05, 0.1) is 0 Å². The minimum atomic E-state index is 0.490. The first-order valence-electron chi connectivity index (χ1n) is 5.75. The second kappa shape index (κ2) is 3.83. The van der Waals surface area contributed by atoms with Crippen LogP contribution in [0, 0.1) is 5.92 Å². The summed E-state index contributed by atoms with van der Waals surface area (Å²) < 4.78 is 0. The highest BCUT2D eigenvalue weighted by Crippen LogP contribution is 2.38. The average molecular weight is 179 g/mol. The Morgan fingerprint density at radius 1 is 1.23 bits per heavy atom. The molecule has 0 aromatic rings. The third kappa shape index (κ3) is 1.96. The molecular weight excluding hydrogens is 158 g/mol. The Morgan fingerprint density at radius 2 is 2.00 bits per heavy atom. The molecule has 0 radical (unpaired) electrons. The lowest BCUT2D eigenvalue weighted by Crippen LogP contribution is -2.31. The summed E-state index contributed by atoms with van der Waals surface area (Å²) in [7, 11) is 0. The number of hydrogen-bond acceptors (Lipinski definition) is 1. The predicted molar refractivity (Wildman–Crippen MR) is 56.5 cm³/mol. The van der Waals surface area contributed by atoms with Crippen LogP contribution in [0.1, 0.15) is 51.9 Å². The van der Waals surface area contributed by atoms with E-state index in [-0.39, 0.29) is 0 Å². The van der Waals surface area contributed by atoms with Crippen molar-refractivity contribution in [3.63, 3.8) is 0 Å². The van der Waals surface area contributed by atoms with Crippen LogP contribution in [-0.4, -0.2) is 6.04 Å². The highest BCUT2D eigenvalue weighted by molar-refractivity contribution is 5.24. The van der Waals surface area contributed by atoms with Crippen molar-refractivity contribution in [2.45, 2.75) is 57.9 Å². The zero-order chi connectivity index (χ0) is 9.26. The van der Waals surface area contributed by atoms with E-state index in [4.69, 9.17) is 5.73 Å². The van der Waals surface area contributed by atoms with E-state index in [1.54, 1.807) is 11.1 Å². The third-order valence-corrected chi connectivity index (χ3v) is 3.72. The summed E-state index contributed by atoms with van der Waals surface area (Å²) in [6, 6.07) is 0.490. The number of allylic oxidation sites excluding steroid dienone is 1. The molecule has 2 aliphatic rings. The molecule has 1 nitrogen and oxygen atoms in total. The summed E-state index contributed by atoms with van der Waals surface area (Å²) in [5, 5.41) is 0. The third-order valence-electron chi connectivity index (χ3n) is 3.72. The van der Waals surface area contributed by atoms with E-state index in [9.17, 15) is 0 Å². The van der Waals surface area contributed by atoms with E-state index < -0.39 is 0 Å². The van der Waals surface area contributed by atoms with Crippen molar-refractivity contribution in [3.8, 4) is 0 Å². The Balaban J connectivity index is 1.96. The molecule has 2 rings (SSSR count). The second-order valence-corrected chi connectivity index (χ2v) is 4.75. The van der Waals surface area contributed by atoms with E-state index in [0.717, 1.165) is 5.92 Å². The predicted octanol–water partition coefficient (Wildman–Crippen LogP) is 3.00. The Kier molecular flexibility index (Phi) is 2.73. The van der Waals surface area contributed by atoms with Gasteiger partial charge in [-0.15, -0.1) is 0 Å². The Morgan fingerprint density at radius 3 is 2.62 bits per heavy atom. The van der Waals surface area contributed by atoms with Gasteiger partial charge in [-0.3, -0.25) is 0 Å². The molecule has 1 unspecified atom stereocenters. The summed E-state index contributed by atoms with van der Waals surface area (Å²) in [5.74, 6) is 0.980. The lowest BCUT2D eigenvalue weighted by Gasteiger charge is -2.33. The van der Waals surface area contributed by atoms with E-state index in [1.807, 2.05) is 0 Å². The van der Waals surface area contributed by atoms with Gasteiger partial charge in [-0.25, -0.2) is 0 Å². The highest BCUT2D eigenvalue weighted by atomic mass is 14.7. The van der Waals surface area contributed by atoms with Gasteiger partial charge >= 0.3 is 0 Å². The molecule has 2 aliphatic carbocycles. The fourth-order valence-corrected chi connectivity index (χ4v) is 2.69. The first-order valence-corrected chi connectivity index (χ1v) is 5.75. The van der Waals surface area contributed by atoms with E-state index in [1.165, 1.54) is 44.9 Å². The monoisotopic (exact) mass is 179 g/mol. The van der Waals surface area contributed by atoms with Crippen LogP contribution in [0.5, 0.6) is 0 Å². The summed E-state index contributed by atoms with van der Waals surface area (Å²) in [6.07, 6.45) is 9.41. The quantitative estimate of drug-likeness (QED) is 0.615. The number of nitrogens with two attached hydrogens (primary N) is 1. The maximum absolute atomic E-state index is 5.81. The van der Waals surface area contributed by atoms with Crippen molar-refractivity contribution in [2.75, 3.05) is 0 Å². The van der Waals surface area contributed by atoms with Gasteiger partial charge in [-0.2, -0.15) is 0 Å². The normalized spacial score (nSPS) is 34.6. The van der Waals surface area contributed by atoms with Crippen LogP contribution in [-0.2, 0) is 0 Å². The van der Waals surface area contributed by atoms with E-state index in [2.05, 4.69) is 6.92 Å². The molecule has 0 aliphatic heterocycles. The van der Waals surface area contributed by atoms with Crippen LogP contribution >= 0.6 is 0 Å². The Bertz CT molecular complexity index is 209. The first kappa shape index (κ1) is 9.26. The summed E-state index contributed by atoms with van der Waals surface area (Å²) >= 11 is 0. The molecule has 0 aromatic heterocycles. The van der Waals surface area contributed by atoms with Gasteiger partial charge in [-0.1, -0.05) is 24.5 Å². The van der Waals surface area contributed by atoms with Gasteiger partial charge in [0.2, 0.25) is 0 Å². The Labute approximate surface area is 81.4 Å². The molecule has 1 heteroatoms. The largest absolute Gasteiger partial charge is 0.327 e. The minimum Gasteiger partial charge on any atom is -0.327 e.